The molecule has 6 nitrogen and oxygen atoms in total. The van der Waals surface area contributed by atoms with E-state index < -0.39 is 16.1 Å². The van der Waals surface area contributed by atoms with Crippen molar-refractivity contribution in [2.24, 2.45) is 0 Å². The third-order valence-electron chi connectivity index (χ3n) is 4.39. The van der Waals surface area contributed by atoms with E-state index >= 15 is 0 Å². The fraction of sp³-hybridized carbons (Fsp3) is 0.389. The van der Waals surface area contributed by atoms with Crippen LogP contribution < -0.4 is 5.32 Å². The summed E-state index contributed by atoms with van der Waals surface area (Å²) in [5, 5.41) is 14.7. The van der Waals surface area contributed by atoms with Crippen molar-refractivity contribution < 1.29 is 18.3 Å². The first-order chi connectivity index (χ1) is 12.5. The molecule has 1 fully saturated rings. The molecule has 1 aromatic carbocycles. The summed E-state index contributed by atoms with van der Waals surface area (Å²) in [7, 11) is -3.46. The van der Waals surface area contributed by atoms with Crippen LogP contribution in [-0.4, -0.2) is 43.4 Å². The van der Waals surface area contributed by atoms with Gasteiger partial charge in [-0.3, -0.25) is 4.79 Å². The van der Waals surface area contributed by atoms with Gasteiger partial charge in [-0.2, -0.15) is 4.31 Å². The lowest BCUT2D eigenvalue weighted by molar-refractivity contribution is 0.0943. The first-order valence-corrected chi connectivity index (χ1v) is 10.9. The Hall–Kier alpha value is -1.74. The number of nitrogens with zero attached hydrogens (tertiary/aromatic N) is 1. The van der Waals surface area contributed by atoms with Gasteiger partial charge in [0.1, 0.15) is 0 Å². The van der Waals surface area contributed by atoms with Gasteiger partial charge < -0.3 is 10.4 Å². The molecule has 0 saturated carbocycles. The maximum Gasteiger partial charge on any atom is 0.251 e. The van der Waals surface area contributed by atoms with Crippen molar-refractivity contribution in [3.63, 3.8) is 0 Å². The minimum absolute atomic E-state index is 0.212. The van der Waals surface area contributed by atoms with E-state index in [1.807, 2.05) is 17.5 Å². The lowest BCUT2D eigenvalue weighted by Gasteiger charge is -2.15. The molecule has 3 rings (SSSR count). The molecule has 2 heterocycles. The van der Waals surface area contributed by atoms with Gasteiger partial charge in [-0.15, -0.1) is 11.3 Å². The SMILES string of the molecule is O=C(NCCC(O)c1cccs1)c1ccc(S(=O)(=O)N2CCCC2)cc1. The van der Waals surface area contributed by atoms with Crippen molar-refractivity contribution >= 4 is 27.3 Å². The Bertz CT molecular complexity index is 827. The summed E-state index contributed by atoms with van der Waals surface area (Å²) in [6.07, 6.45) is 1.60. The predicted molar refractivity (Wildman–Crippen MR) is 101 cm³/mol. The third kappa shape index (κ3) is 4.32. The molecule has 8 heteroatoms. The summed E-state index contributed by atoms with van der Waals surface area (Å²) in [5.74, 6) is -0.284. The molecule has 1 amide bonds. The maximum absolute atomic E-state index is 12.5. The Morgan fingerprint density at radius 2 is 1.88 bits per heavy atom. The van der Waals surface area contributed by atoms with E-state index in [-0.39, 0.29) is 10.8 Å². The quantitative estimate of drug-likeness (QED) is 0.755. The summed E-state index contributed by atoms with van der Waals surface area (Å²) in [6.45, 7) is 1.44. The number of nitrogens with one attached hydrogen (secondary N) is 1. The van der Waals surface area contributed by atoms with Gasteiger partial charge in [0.15, 0.2) is 0 Å². The van der Waals surface area contributed by atoms with Crippen molar-refractivity contribution in [3.05, 3.63) is 52.2 Å². The summed E-state index contributed by atoms with van der Waals surface area (Å²) in [6, 6.07) is 9.73. The van der Waals surface area contributed by atoms with Crippen LogP contribution in [0.15, 0.2) is 46.7 Å². The number of amides is 1. The third-order valence-corrected chi connectivity index (χ3v) is 7.28. The fourth-order valence-corrected chi connectivity index (χ4v) is 5.17. The smallest absolute Gasteiger partial charge is 0.251 e. The van der Waals surface area contributed by atoms with Crippen molar-refractivity contribution in [1.82, 2.24) is 9.62 Å². The van der Waals surface area contributed by atoms with Crippen LogP contribution in [0.5, 0.6) is 0 Å². The number of carbonyl (C=O) groups is 1. The van der Waals surface area contributed by atoms with Crippen LogP contribution in [0.2, 0.25) is 0 Å². The molecule has 0 spiro atoms. The minimum atomic E-state index is -3.46. The fourth-order valence-electron chi connectivity index (χ4n) is 2.90. The molecule has 0 bridgehead atoms. The van der Waals surface area contributed by atoms with Gasteiger partial charge in [-0.1, -0.05) is 6.07 Å². The molecule has 1 aliphatic rings. The van der Waals surface area contributed by atoms with Gasteiger partial charge in [0.2, 0.25) is 10.0 Å². The van der Waals surface area contributed by atoms with E-state index in [1.165, 1.54) is 39.9 Å². The lowest BCUT2D eigenvalue weighted by atomic mass is 10.2. The zero-order valence-corrected chi connectivity index (χ0v) is 15.9. The number of aliphatic hydroxyl groups excluding tert-OH is 1. The van der Waals surface area contributed by atoms with Crippen molar-refractivity contribution in [1.29, 1.82) is 0 Å². The standard InChI is InChI=1S/C18H22N2O4S2/c21-16(17-4-3-13-25-17)9-10-19-18(22)14-5-7-15(8-6-14)26(23,24)20-11-1-2-12-20/h3-8,13,16,21H,1-2,9-12H2,(H,19,22). The molecule has 2 N–H and O–H groups in total. The molecule has 1 aromatic heterocycles. The molecular formula is C18H22N2O4S2. The van der Waals surface area contributed by atoms with Crippen LogP contribution in [0.4, 0.5) is 0 Å². The van der Waals surface area contributed by atoms with Gasteiger partial charge >= 0.3 is 0 Å². The van der Waals surface area contributed by atoms with E-state index in [0.29, 0.717) is 31.6 Å². The van der Waals surface area contributed by atoms with Gasteiger partial charge in [-0.05, 0) is 55.0 Å². The maximum atomic E-state index is 12.5. The lowest BCUT2D eigenvalue weighted by Crippen LogP contribution is -2.28. The molecule has 0 radical (unpaired) electrons. The Morgan fingerprint density at radius 1 is 1.19 bits per heavy atom. The van der Waals surface area contributed by atoms with E-state index in [2.05, 4.69) is 5.32 Å². The second kappa shape index (κ2) is 8.30. The van der Waals surface area contributed by atoms with Crippen LogP contribution in [0.3, 0.4) is 0 Å². The van der Waals surface area contributed by atoms with Crippen LogP contribution >= 0.6 is 11.3 Å². The number of hydrogen-bond acceptors (Lipinski definition) is 5. The van der Waals surface area contributed by atoms with E-state index in [9.17, 15) is 18.3 Å². The van der Waals surface area contributed by atoms with Crippen molar-refractivity contribution in [2.45, 2.75) is 30.3 Å². The first-order valence-electron chi connectivity index (χ1n) is 8.58. The summed E-state index contributed by atoms with van der Waals surface area (Å²) >= 11 is 1.48. The van der Waals surface area contributed by atoms with Crippen molar-refractivity contribution in [3.8, 4) is 0 Å². The number of carbonyl (C=O) groups excluding carboxylic acids is 1. The Balaban J connectivity index is 1.55. The predicted octanol–water partition coefficient (Wildman–Crippen LogP) is 2.39. The molecule has 26 heavy (non-hydrogen) atoms. The van der Waals surface area contributed by atoms with Crippen LogP contribution in [-0.2, 0) is 10.0 Å². The molecule has 1 unspecified atom stereocenters. The number of hydrogen-bond donors (Lipinski definition) is 2. The number of thiophene rings is 1. The average molecular weight is 395 g/mol. The van der Waals surface area contributed by atoms with E-state index in [1.54, 1.807) is 0 Å². The average Bonchev–Trinajstić information content (AvgIpc) is 3.35. The normalized spacial score (nSPS) is 16.5. The Morgan fingerprint density at radius 3 is 2.50 bits per heavy atom. The monoisotopic (exact) mass is 394 g/mol. The Kier molecular flexibility index (Phi) is 6.08. The first kappa shape index (κ1) is 19.0. The topological polar surface area (TPSA) is 86.7 Å². The highest BCUT2D eigenvalue weighted by atomic mass is 32.2. The highest BCUT2D eigenvalue weighted by Crippen LogP contribution is 2.22. The largest absolute Gasteiger partial charge is 0.388 e. The van der Waals surface area contributed by atoms with Crippen LogP contribution in [0.1, 0.15) is 40.6 Å². The van der Waals surface area contributed by atoms with Gasteiger partial charge in [0.05, 0.1) is 11.0 Å². The zero-order chi connectivity index (χ0) is 18.6. The number of sulfonamides is 1. The second-order valence-corrected chi connectivity index (χ2v) is 9.13. The van der Waals surface area contributed by atoms with Crippen LogP contribution in [0.25, 0.3) is 0 Å². The number of benzene rings is 1. The van der Waals surface area contributed by atoms with E-state index in [0.717, 1.165) is 17.7 Å². The van der Waals surface area contributed by atoms with Gasteiger partial charge in [0, 0.05) is 30.1 Å². The van der Waals surface area contributed by atoms with Crippen LogP contribution in [0, 0.1) is 0 Å². The molecule has 0 aliphatic carbocycles. The minimum Gasteiger partial charge on any atom is -0.388 e. The molecule has 1 atom stereocenters. The van der Waals surface area contributed by atoms with Gasteiger partial charge in [-0.25, -0.2) is 8.42 Å². The van der Waals surface area contributed by atoms with Gasteiger partial charge in [0.25, 0.3) is 5.91 Å². The Labute approximate surface area is 157 Å². The summed E-state index contributed by atoms with van der Waals surface area (Å²) < 4.78 is 26.4. The molecule has 1 saturated heterocycles. The van der Waals surface area contributed by atoms with E-state index in [4.69, 9.17) is 0 Å². The van der Waals surface area contributed by atoms with Crippen molar-refractivity contribution in [2.75, 3.05) is 19.6 Å². The molecule has 1 aliphatic heterocycles. The second-order valence-electron chi connectivity index (χ2n) is 6.21. The number of rotatable bonds is 7. The summed E-state index contributed by atoms with van der Waals surface area (Å²) in [4.78, 5) is 13.3. The molecular weight excluding hydrogens is 372 g/mol. The summed E-state index contributed by atoms with van der Waals surface area (Å²) in [5.41, 5.74) is 0.399. The molecule has 140 valence electrons. The molecule has 2 aromatic rings. The number of aliphatic hydroxyl groups is 1. The highest BCUT2D eigenvalue weighted by molar-refractivity contribution is 7.89. The zero-order valence-electron chi connectivity index (χ0n) is 14.3. The highest BCUT2D eigenvalue weighted by Gasteiger charge is 2.27.